The molecule has 146 valence electrons. The third kappa shape index (κ3) is 4.69. The van der Waals surface area contributed by atoms with Crippen molar-refractivity contribution in [3.8, 4) is 11.5 Å². The predicted octanol–water partition coefficient (Wildman–Crippen LogP) is 1.71. The SMILES string of the molecule is CN=C(NCCCCn1cnnc1)N1CCc2cc(OC)c(OC)cc2C1. The number of rotatable bonds is 7. The van der Waals surface area contributed by atoms with Gasteiger partial charge in [-0.2, -0.15) is 0 Å². The molecule has 2 aromatic rings. The van der Waals surface area contributed by atoms with E-state index in [1.807, 2.05) is 11.6 Å². The molecule has 1 N–H and O–H groups in total. The minimum absolute atomic E-state index is 0.773. The maximum Gasteiger partial charge on any atom is 0.193 e. The summed E-state index contributed by atoms with van der Waals surface area (Å²) in [5, 5.41) is 11.1. The van der Waals surface area contributed by atoms with Crippen LogP contribution in [0.2, 0.25) is 0 Å². The van der Waals surface area contributed by atoms with Crippen molar-refractivity contribution in [1.82, 2.24) is 25.0 Å². The van der Waals surface area contributed by atoms with Crippen LogP contribution >= 0.6 is 0 Å². The van der Waals surface area contributed by atoms with Gasteiger partial charge in [0.05, 0.1) is 14.2 Å². The monoisotopic (exact) mass is 372 g/mol. The van der Waals surface area contributed by atoms with E-state index in [0.717, 1.165) is 62.9 Å². The number of unbranched alkanes of at least 4 members (excludes halogenated alkanes) is 1. The first-order valence-electron chi connectivity index (χ1n) is 9.27. The topological polar surface area (TPSA) is 76.8 Å². The van der Waals surface area contributed by atoms with Crippen molar-refractivity contribution in [2.45, 2.75) is 32.4 Å². The fourth-order valence-electron chi connectivity index (χ4n) is 3.35. The van der Waals surface area contributed by atoms with Crippen molar-refractivity contribution in [3.63, 3.8) is 0 Å². The van der Waals surface area contributed by atoms with E-state index < -0.39 is 0 Å². The molecule has 0 saturated carbocycles. The Morgan fingerprint density at radius 1 is 1.11 bits per heavy atom. The van der Waals surface area contributed by atoms with Crippen LogP contribution in [0, 0.1) is 0 Å². The number of ether oxygens (including phenoxy) is 2. The van der Waals surface area contributed by atoms with Crippen LogP contribution in [0.3, 0.4) is 0 Å². The number of aliphatic imine (C=N–C) groups is 1. The molecule has 1 aromatic heterocycles. The largest absolute Gasteiger partial charge is 0.493 e. The van der Waals surface area contributed by atoms with Crippen LogP contribution in [0.5, 0.6) is 11.5 Å². The van der Waals surface area contributed by atoms with Crippen molar-refractivity contribution in [3.05, 3.63) is 35.9 Å². The van der Waals surface area contributed by atoms with Gasteiger partial charge in [0.2, 0.25) is 0 Å². The molecule has 0 unspecified atom stereocenters. The Hall–Kier alpha value is -2.77. The Morgan fingerprint density at radius 3 is 2.48 bits per heavy atom. The van der Waals surface area contributed by atoms with Gasteiger partial charge in [0.1, 0.15) is 12.7 Å². The fraction of sp³-hybridized carbons (Fsp3) is 0.526. The maximum atomic E-state index is 5.45. The first-order valence-corrected chi connectivity index (χ1v) is 9.27. The van der Waals surface area contributed by atoms with Crippen LogP contribution in [-0.2, 0) is 19.5 Å². The fourth-order valence-corrected chi connectivity index (χ4v) is 3.35. The molecule has 1 aromatic carbocycles. The average Bonchev–Trinajstić information content (AvgIpc) is 3.22. The summed E-state index contributed by atoms with van der Waals surface area (Å²) in [5.74, 6) is 2.51. The Kier molecular flexibility index (Phi) is 6.51. The Morgan fingerprint density at radius 2 is 1.81 bits per heavy atom. The summed E-state index contributed by atoms with van der Waals surface area (Å²) in [5.41, 5.74) is 2.57. The zero-order valence-corrected chi connectivity index (χ0v) is 16.3. The molecule has 0 amide bonds. The zero-order chi connectivity index (χ0) is 19.1. The number of methoxy groups -OCH3 is 2. The van der Waals surface area contributed by atoms with Gasteiger partial charge in [0.25, 0.3) is 0 Å². The summed E-state index contributed by atoms with van der Waals surface area (Å²) in [7, 11) is 5.18. The van der Waals surface area contributed by atoms with E-state index in [0.29, 0.717) is 0 Å². The van der Waals surface area contributed by atoms with Crippen molar-refractivity contribution in [1.29, 1.82) is 0 Å². The van der Waals surface area contributed by atoms with Crippen LogP contribution < -0.4 is 14.8 Å². The summed E-state index contributed by atoms with van der Waals surface area (Å²) >= 11 is 0. The molecule has 3 rings (SSSR count). The molecule has 1 aliphatic heterocycles. The standard InChI is InChI=1S/C19H28N6O2/c1-20-19(21-7-4-5-8-24-13-22-23-14-24)25-9-6-15-10-17(26-2)18(27-3)11-16(15)12-25/h10-11,13-14H,4-9,12H2,1-3H3,(H,20,21). The van der Waals surface area contributed by atoms with Crippen LogP contribution in [0.15, 0.2) is 29.8 Å². The molecule has 27 heavy (non-hydrogen) atoms. The third-order valence-electron chi connectivity index (χ3n) is 4.82. The molecule has 0 radical (unpaired) electrons. The number of hydrogen-bond donors (Lipinski definition) is 1. The van der Waals surface area contributed by atoms with Crippen molar-refractivity contribution in [2.24, 2.45) is 4.99 Å². The molecule has 0 spiro atoms. The molecule has 8 nitrogen and oxygen atoms in total. The van der Waals surface area contributed by atoms with E-state index >= 15 is 0 Å². The van der Waals surface area contributed by atoms with Crippen molar-refractivity contribution >= 4 is 5.96 Å². The van der Waals surface area contributed by atoms with Gasteiger partial charge >= 0.3 is 0 Å². The first-order chi connectivity index (χ1) is 13.2. The lowest BCUT2D eigenvalue weighted by molar-refractivity contribution is 0.346. The van der Waals surface area contributed by atoms with Crippen molar-refractivity contribution in [2.75, 3.05) is 34.4 Å². The van der Waals surface area contributed by atoms with E-state index in [1.165, 1.54) is 11.1 Å². The number of nitrogens with one attached hydrogen (secondary N) is 1. The summed E-state index contributed by atoms with van der Waals surface area (Å²) in [6.45, 7) is 3.58. The summed E-state index contributed by atoms with van der Waals surface area (Å²) in [6.07, 6.45) is 6.60. The molecule has 2 heterocycles. The smallest absolute Gasteiger partial charge is 0.193 e. The van der Waals surface area contributed by atoms with Gasteiger partial charge in [0, 0.05) is 33.2 Å². The van der Waals surface area contributed by atoms with Crippen LogP contribution in [-0.4, -0.2) is 60.0 Å². The number of guanidine groups is 1. The number of nitrogens with zero attached hydrogens (tertiary/aromatic N) is 5. The molecule has 0 saturated heterocycles. The van der Waals surface area contributed by atoms with Gasteiger partial charge < -0.3 is 24.3 Å². The van der Waals surface area contributed by atoms with E-state index in [9.17, 15) is 0 Å². The molecule has 0 aliphatic carbocycles. The second kappa shape index (κ2) is 9.25. The second-order valence-electron chi connectivity index (χ2n) is 6.53. The minimum Gasteiger partial charge on any atom is -0.493 e. The lowest BCUT2D eigenvalue weighted by atomic mass is 9.99. The highest BCUT2D eigenvalue weighted by Gasteiger charge is 2.21. The van der Waals surface area contributed by atoms with Gasteiger partial charge in [-0.25, -0.2) is 0 Å². The van der Waals surface area contributed by atoms with E-state index in [1.54, 1.807) is 26.9 Å². The van der Waals surface area contributed by atoms with Crippen LogP contribution in [0.25, 0.3) is 0 Å². The summed E-state index contributed by atoms with van der Waals surface area (Å²) < 4.78 is 12.9. The van der Waals surface area contributed by atoms with Crippen molar-refractivity contribution < 1.29 is 9.47 Å². The number of benzene rings is 1. The zero-order valence-electron chi connectivity index (χ0n) is 16.3. The van der Waals surface area contributed by atoms with Gasteiger partial charge in [-0.05, 0) is 42.5 Å². The Balaban J connectivity index is 1.53. The molecule has 0 atom stereocenters. The van der Waals surface area contributed by atoms with Gasteiger partial charge in [-0.3, -0.25) is 4.99 Å². The van der Waals surface area contributed by atoms with Crippen LogP contribution in [0.1, 0.15) is 24.0 Å². The molecule has 8 heteroatoms. The van der Waals surface area contributed by atoms with E-state index in [2.05, 4.69) is 37.5 Å². The number of fused-ring (bicyclic) bond motifs is 1. The third-order valence-corrected chi connectivity index (χ3v) is 4.82. The maximum absolute atomic E-state index is 5.45. The second-order valence-corrected chi connectivity index (χ2v) is 6.53. The number of hydrogen-bond acceptors (Lipinski definition) is 5. The van der Waals surface area contributed by atoms with Gasteiger partial charge in [-0.1, -0.05) is 0 Å². The summed E-state index contributed by atoms with van der Waals surface area (Å²) in [6, 6.07) is 4.17. The normalized spacial score (nSPS) is 14.0. The Bertz CT molecular complexity index is 760. The van der Waals surface area contributed by atoms with Gasteiger partial charge in [0.15, 0.2) is 17.5 Å². The molecular formula is C19H28N6O2. The van der Waals surface area contributed by atoms with Crippen LogP contribution in [0.4, 0.5) is 0 Å². The summed E-state index contributed by atoms with van der Waals surface area (Å²) in [4.78, 5) is 6.74. The highest BCUT2D eigenvalue weighted by Crippen LogP contribution is 2.33. The molecular weight excluding hydrogens is 344 g/mol. The van der Waals surface area contributed by atoms with Gasteiger partial charge in [-0.15, -0.1) is 10.2 Å². The molecule has 1 aliphatic rings. The van der Waals surface area contributed by atoms with E-state index in [-0.39, 0.29) is 0 Å². The highest BCUT2D eigenvalue weighted by atomic mass is 16.5. The first kappa shape index (κ1) is 19.0. The predicted molar refractivity (Wildman–Crippen MR) is 104 cm³/mol. The highest BCUT2D eigenvalue weighted by molar-refractivity contribution is 5.80. The molecule has 0 fully saturated rings. The number of aromatic nitrogens is 3. The lowest BCUT2D eigenvalue weighted by Gasteiger charge is -2.32. The van der Waals surface area contributed by atoms with E-state index in [4.69, 9.17) is 9.47 Å². The quantitative estimate of drug-likeness (QED) is 0.453. The molecule has 0 bridgehead atoms. The minimum atomic E-state index is 0.773. The average molecular weight is 372 g/mol. The lowest BCUT2D eigenvalue weighted by Crippen LogP contribution is -2.44. The Labute approximate surface area is 160 Å². The number of aryl methyl sites for hydroxylation is 1.